The third-order valence-corrected chi connectivity index (χ3v) is 7.11. The Morgan fingerprint density at radius 1 is 0.974 bits per heavy atom. The molecule has 0 radical (unpaired) electrons. The van der Waals surface area contributed by atoms with Crippen LogP contribution in [0.25, 0.3) is 10.9 Å². The maximum atomic E-state index is 13.7. The van der Waals surface area contributed by atoms with Gasteiger partial charge in [0.15, 0.2) is 17.3 Å². The van der Waals surface area contributed by atoms with Crippen LogP contribution in [0.3, 0.4) is 0 Å². The summed E-state index contributed by atoms with van der Waals surface area (Å²) in [7, 11) is 3.17. The van der Waals surface area contributed by atoms with Crippen LogP contribution in [0.2, 0.25) is 0 Å². The molecule has 5 aromatic rings. The van der Waals surface area contributed by atoms with Crippen LogP contribution >= 0.6 is 0 Å². The van der Waals surface area contributed by atoms with Crippen LogP contribution in [0.4, 0.5) is 5.69 Å². The van der Waals surface area contributed by atoms with E-state index in [1.54, 1.807) is 25.0 Å². The van der Waals surface area contributed by atoms with Gasteiger partial charge in [0, 0.05) is 29.2 Å². The molecule has 0 amide bonds. The molecule has 9 nitrogen and oxygen atoms in total. The van der Waals surface area contributed by atoms with Crippen LogP contribution in [-0.2, 0) is 13.0 Å². The molecule has 0 aliphatic carbocycles. The van der Waals surface area contributed by atoms with E-state index in [0.717, 1.165) is 36.0 Å². The van der Waals surface area contributed by atoms with E-state index in [-0.39, 0.29) is 5.56 Å². The van der Waals surface area contributed by atoms with Crippen molar-refractivity contribution in [3.63, 3.8) is 0 Å². The molecule has 1 unspecified atom stereocenters. The number of aromatic amines is 1. The Balaban J connectivity index is 1.55. The Hall–Kier alpha value is -4.66. The van der Waals surface area contributed by atoms with Crippen molar-refractivity contribution >= 4 is 16.6 Å². The summed E-state index contributed by atoms with van der Waals surface area (Å²) in [5, 5.41) is 13.7. The van der Waals surface area contributed by atoms with Gasteiger partial charge in [-0.15, -0.1) is 5.10 Å². The van der Waals surface area contributed by atoms with Crippen LogP contribution in [0.1, 0.15) is 35.0 Å². The zero-order valence-electron chi connectivity index (χ0n) is 21.3. The van der Waals surface area contributed by atoms with Crippen LogP contribution in [0.15, 0.2) is 77.6 Å². The number of para-hydroxylation sites is 1. The molecule has 3 aromatic carbocycles. The fourth-order valence-corrected chi connectivity index (χ4v) is 5.31. The molecule has 192 valence electrons. The fourth-order valence-electron chi connectivity index (χ4n) is 5.31. The highest BCUT2D eigenvalue weighted by Gasteiger charge is 2.33. The average molecular weight is 509 g/mol. The van der Waals surface area contributed by atoms with Crippen LogP contribution in [0.5, 0.6) is 11.5 Å². The minimum atomic E-state index is -0.503. The first-order chi connectivity index (χ1) is 18.7. The molecule has 0 saturated heterocycles. The van der Waals surface area contributed by atoms with Gasteiger partial charge in [0.2, 0.25) is 0 Å². The number of aryl methyl sites for hydroxylation is 1. The standard InChI is InChI=1S/C29H28N6O3/c1-37-25-16-21-15-22(29(36)30-23(21)17-26(25)38-2)27(34-14-8-12-20-11-6-7-13-24(20)34)28-31-32-33-35(28)18-19-9-4-3-5-10-19/h3-7,9-11,13,15-17,27H,8,12,14,18H2,1-2H3,(H,30,36). The summed E-state index contributed by atoms with van der Waals surface area (Å²) in [6.45, 7) is 1.26. The smallest absolute Gasteiger partial charge is 0.254 e. The van der Waals surface area contributed by atoms with Crippen molar-refractivity contribution in [2.75, 3.05) is 25.7 Å². The van der Waals surface area contributed by atoms with Gasteiger partial charge in [0.1, 0.15) is 6.04 Å². The predicted molar refractivity (Wildman–Crippen MR) is 145 cm³/mol. The van der Waals surface area contributed by atoms with E-state index in [1.807, 2.05) is 48.5 Å². The molecular weight excluding hydrogens is 480 g/mol. The van der Waals surface area contributed by atoms with E-state index >= 15 is 0 Å². The highest BCUT2D eigenvalue weighted by Crippen LogP contribution is 2.38. The third-order valence-electron chi connectivity index (χ3n) is 7.11. The van der Waals surface area contributed by atoms with E-state index in [9.17, 15) is 4.79 Å². The Morgan fingerprint density at radius 3 is 2.55 bits per heavy atom. The number of anilines is 1. The number of hydrogen-bond acceptors (Lipinski definition) is 7. The molecule has 0 bridgehead atoms. The van der Waals surface area contributed by atoms with E-state index in [2.05, 4.69) is 43.6 Å². The van der Waals surface area contributed by atoms with Crippen molar-refractivity contribution < 1.29 is 9.47 Å². The second-order valence-electron chi connectivity index (χ2n) is 9.36. The molecule has 1 aliphatic heterocycles. The average Bonchev–Trinajstić information content (AvgIpc) is 3.41. The van der Waals surface area contributed by atoms with Crippen LogP contribution in [0, 0.1) is 0 Å². The van der Waals surface area contributed by atoms with Crippen molar-refractivity contribution in [3.05, 3.63) is 106 Å². The SMILES string of the molecule is COc1cc2cc(C(c3nnnn3Cc3ccccc3)N3CCCc4ccccc43)c(=O)[nH]c2cc1OC. The van der Waals surface area contributed by atoms with Gasteiger partial charge >= 0.3 is 0 Å². The fraction of sp³-hybridized carbons (Fsp3) is 0.241. The number of nitrogens with zero attached hydrogens (tertiary/aromatic N) is 5. The molecule has 9 heteroatoms. The topological polar surface area (TPSA) is 98.2 Å². The second-order valence-corrected chi connectivity index (χ2v) is 9.36. The summed E-state index contributed by atoms with van der Waals surface area (Å²) in [5.41, 5.74) is 4.43. The van der Waals surface area contributed by atoms with Gasteiger partial charge in [-0.1, -0.05) is 48.5 Å². The van der Waals surface area contributed by atoms with E-state index in [0.29, 0.717) is 34.9 Å². The number of aromatic nitrogens is 5. The molecule has 1 N–H and O–H groups in total. The number of fused-ring (bicyclic) bond motifs is 2. The number of rotatable bonds is 7. The van der Waals surface area contributed by atoms with Gasteiger partial charge < -0.3 is 19.4 Å². The molecule has 6 rings (SSSR count). The Bertz CT molecular complexity index is 1650. The van der Waals surface area contributed by atoms with Crippen LogP contribution < -0.4 is 19.9 Å². The summed E-state index contributed by atoms with van der Waals surface area (Å²) >= 11 is 0. The molecule has 0 fully saturated rings. The maximum absolute atomic E-state index is 13.7. The normalized spacial score (nSPS) is 13.8. The van der Waals surface area contributed by atoms with E-state index in [4.69, 9.17) is 9.47 Å². The molecule has 3 heterocycles. The van der Waals surface area contributed by atoms with Crippen molar-refractivity contribution in [1.29, 1.82) is 0 Å². The number of ether oxygens (including phenoxy) is 2. The van der Waals surface area contributed by atoms with Gasteiger partial charge in [-0.25, -0.2) is 4.68 Å². The molecular formula is C29H28N6O3. The lowest BCUT2D eigenvalue weighted by atomic mass is 9.96. The lowest BCUT2D eigenvalue weighted by molar-refractivity contribution is 0.356. The zero-order chi connectivity index (χ0) is 26.1. The number of tetrazole rings is 1. The first-order valence-electron chi connectivity index (χ1n) is 12.6. The summed E-state index contributed by atoms with van der Waals surface area (Å²) in [6.07, 6.45) is 1.95. The summed E-state index contributed by atoms with van der Waals surface area (Å²) < 4.78 is 12.8. The molecule has 2 aromatic heterocycles. The number of benzene rings is 3. The largest absolute Gasteiger partial charge is 0.493 e. The lowest BCUT2D eigenvalue weighted by Gasteiger charge is -2.37. The van der Waals surface area contributed by atoms with Crippen LogP contribution in [-0.4, -0.2) is 46.0 Å². The molecule has 1 aliphatic rings. The number of methoxy groups -OCH3 is 2. The first-order valence-corrected chi connectivity index (χ1v) is 12.6. The number of nitrogens with one attached hydrogen (secondary N) is 1. The first kappa shape index (κ1) is 23.7. The Kier molecular flexibility index (Phi) is 6.25. The van der Waals surface area contributed by atoms with Gasteiger partial charge in [-0.05, 0) is 52.6 Å². The minimum absolute atomic E-state index is 0.202. The van der Waals surface area contributed by atoms with E-state index in [1.165, 1.54) is 5.56 Å². The predicted octanol–water partition coefficient (Wildman–Crippen LogP) is 4.12. The lowest BCUT2D eigenvalue weighted by Crippen LogP contribution is -2.38. The van der Waals surface area contributed by atoms with Gasteiger partial charge in [-0.3, -0.25) is 4.79 Å². The van der Waals surface area contributed by atoms with E-state index < -0.39 is 6.04 Å². The zero-order valence-corrected chi connectivity index (χ0v) is 21.3. The number of hydrogen-bond donors (Lipinski definition) is 1. The van der Waals surface area contributed by atoms with Crippen molar-refractivity contribution in [2.24, 2.45) is 0 Å². The summed E-state index contributed by atoms with van der Waals surface area (Å²) in [5.74, 6) is 1.75. The maximum Gasteiger partial charge on any atom is 0.254 e. The molecule has 0 spiro atoms. The minimum Gasteiger partial charge on any atom is -0.493 e. The molecule has 0 saturated carbocycles. The van der Waals surface area contributed by atoms with Crippen molar-refractivity contribution in [1.82, 2.24) is 25.2 Å². The Morgan fingerprint density at radius 2 is 1.74 bits per heavy atom. The van der Waals surface area contributed by atoms with Gasteiger partial charge in [0.25, 0.3) is 5.56 Å². The summed E-state index contributed by atoms with van der Waals surface area (Å²) in [4.78, 5) is 19.0. The monoisotopic (exact) mass is 508 g/mol. The van der Waals surface area contributed by atoms with Gasteiger partial charge in [-0.2, -0.15) is 0 Å². The quantitative estimate of drug-likeness (QED) is 0.353. The summed E-state index contributed by atoms with van der Waals surface area (Å²) in [6, 6.07) is 23.5. The third kappa shape index (κ3) is 4.26. The molecule has 38 heavy (non-hydrogen) atoms. The number of H-pyrrole nitrogens is 1. The number of pyridine rings is 1. The van der Waals surface area contributed by atoms with Crippen molar-refractivity contribution in [3.8, 4) is 11.5 Å². The highest BCUT2D eigenvalue weighted by molar-refractivity contribution is 5.83. The van der Waals surface area contributed by atoms with Crippen molar-refractivity contribution in [2.45, 2.75) is 25.4 Å². The Labute approximate surface area is 219 Å². The molecule has 1 atom stereocenters. The highest BCUT2D eigenvalue weighted by atomic mass is 16.5. The van der Waals surface area contributed by atoms with Gasteiger partial charge in [0.05, 0.1) is 26.3 Å². The second kappa shape index (κ2) is 10.0.